The molecule has 2 aromatic carbocycles. The molecule has 2 rings (SSSR count). The molecule has 0 spiro atoms. The van der Waals surface area contributed by atoms with Crippen LogP contribution in [0.5, 0.6) is 0 Å². The molecule has 0 atom stereocenters. The van der Waals surface area contributed by atoms with Crippen LogP contribution in [-0.2, 0) is 13.0 Å². The number of nitrogens with one attached hydrogen (secondary N) is 1. The molecule has 2 aromatic rings. The van der Waals surface area contributed by atoms with Crippen LogP contribution in [0.25, 0.3) is 0 Å². The lowest BCUT2D eigenvalue weighted by Crippen LogP contribution is -2.00. The fourth-order valence-corrected chi connectivity index (χ4v) is 2.23. The van der Waals surface area contributed by atoms with Crippen molar-refractivity contribution in [1.82, 2.24) is 0 Å². The van der Waals surface area contributed by atoms with Crippen LogP contribution >= 0.6 is 0 Å². The maximum atomic E-state index is 3.47. The van der Waals surface area contributed by atoms with Gasteiger partial charge in [0, 0.05) is 12.2 Å². The highest BCUT2D eigenvalue weighted by molar-refractivity contribution is 5.45. The molecular formula is C17H21N. The fourth-order valence-electron chi connectivity index (χ4n) is 2.23. The van der Waals surface area contributed by atoms with E-state index in [9.17, 15) is 0 Å². The van der Waals surface area contributed by atoms with E-state index in [1.807, 2.05) is 0 Å². The van der Waals surface area contributed by atoms with E-state index >= 15 is 0 Å². The predicted molar refractivity (Wildman–Crippen MR) is 79.1 cm³/mol. The summed E-state index contributed by atoms with van der Waals surface area (Å²) >= 11 is 0. The SMILES string of the molecule is CCc1ccc(NCc2cc(C)cc(C)c2)cc1. The number of aryl methyl sites for hydroxylation is 3. The van der Waals surface area contributed by atoms with Gasteiger partial charge in [-0.25, -0.2) is 0 Å². The van der Waals surface area contributed by atoms with Crippen molar-refractivity contribution in [2.75, 3.05) is 5.32 Å². The topological polar surface area (TPSA) is 12.0 Å². The van der Waals surface area contributed by atoms with Crippen molar-refractivity contribution in [2.24, 2.45) is 0 Å². The van der Waals surface area contributed by atoms with Gasteiger partial charge in [0.25, 0.3) is 0 Å². The molecule has 18 heavy (non-hydrogen) atoms. The van der Waals surface area contributed by atoms with Crippen LogP contribution in [-0.4, -0.2) is 0 Å². The van der Waals surface area contributed by atoms with E-state index in [0.717, 1.165) is 13.0 Å². The largest absolute Gasteiger partial charge is 0.381 e. The number of hydrogen-bond acceptors (Lipinski definition) is 1. The molecule has 0 aromatic heterocycles. The van der Waals surface area contributed by atoms with Crippen LogP contribution in [0.4, 0.5) is 5.69 Å². The first-order chi connectivity index (χ1) is 8.67. The number of rotatable bonds is 4. The van der Waals surface area contributed by atoms with Crippen LogP contribution in [0, 0.1) is 13.8 Å². The van der Waals surface area contributed by atoms with Crippen molar-refractivity contribution >= 4 is 5.69 Å². The Balaban J connectivity index is 2.01. The van der Waals surface area contributed by atoms with Gasteiger partial charge in [-0.1, -0.05) is 48.4 Å². The Morgan fingerprint density at radius 1 is 0.833 bits per heavy atom. The van der Waals surface area contributed by atoms with Crippen LogP contribution in [0.1, 0.15) is 29.2 Å². The quantitative estimate of drug-likeness (QED) is 0.829. The highest BCUT2D eigenvalue weighted by Gasteiger charge is 1.97. The average Bonchev–Trinajstić information content (AvgIpc) is 2.36. The summed E-state index contributed by atoms with van der Waals surface area (Å²) in [5.74, 6) is 0. The summed E-state index contributed by atoms with van der Waals surface area (Å²) in [5, 5.41) is 3.47. The van der Waals surface area contributed by atoms with Crippen LogP contribution in [0.2, 0.25) is 0 Å². The molecule has 0 saturated heterocycles. The third-order valence-corrected chi connectivity index (χ3v) is 3.14. The third-order valence-electron chi connectivity index (χ3n) is 3.14. The molecule has 0 amide bonds. The summed E-state index contributed by atoms with van der Waals surface area (Å²) < 4.78 is 0. The van der Waals surface area contributed by atoms with Gasteiger partial charge in [-0.3, -0.25) is 0 Å². The summed E-state index contributed by atoms with van der Waals surface area (Å²) in [6.07, 6.45) is 1.09. The van der Waals surface area contributed by atoms with Gasteiger partial charge in [-0.2, -0.15) is 0 Å². The molecule has 0 bridgehead atoms. The normalized spacial score (nSPS) is 10.4. The van der Waals surface area contributed by atoms with E-state index in [1.165, 1.54) is 27.9 Å². The molecule has 0 unspecified atom stereocenters. The molecule has 1 heteroatoms. The Kier molecular flexibility index (Phi) is 4.03. The van der Waals surface area contributed by atoms with Gasteiger partial charge < -0.3 is 5.32 Å². The summed E-state index contributed by atoms with van der Waals surface area (Å²) in [6.45, 7) is 7.35. The second-order valence-corrected chi connectivity index (χ2v) is 4.90. The molecule has 0 aliphatic rings. The summed E-state index contributed by atoms with van der Waals surface area (Å²) in [4.78, 5) is 0. The summed E-state index contributed by atoms with van der Waals surface area (Å²) in [6, 6.07) is 15.4. The molecule has 0 heterocycles. The monoisotopic (exact) mass is 239 g/mol. The molecule has 0 saturated carbocycles. The second kappa shape index (κ2) is 5.72. The molecule has 94 valence electrons. The van der Waals surface area contributed by atoms with E-state index < -0.39 is 0 Å². The van der Waals surface area contributed by atoms with Crippen molar-refractivity contribution in [3.8, 4) is 0 Å². The second-order valence-electron chi connectivity index (χ2n) is 4.90. The van der Waals surface area contributed by atoms with Crippen molar-refractivity contribution in [3.63, 3.8) is 0 Å². The van der Waals surface area contributed by atoms with Gasteiger partial charge >= 0.3 is 0 Å². The highest BCUT2D eigenvalue weighted by atomic mass is 14.9. The molecular weight excluding hydrogens is 218 g/mol. The van der Waals surface area contributed by atoms with Gasteiger partial charge in [0.15, 0.2) is 0 Å². The maximum absolute atomic E-state index is 3.47. The zero-order valence-corrected chi connectivity index (χ0v) is 11.5. The van der Waals surface area contributed by atoms with Gasteiger partial charge in [-0.05, 0) is 43.5 Å². The molecule has 1 nitrogen and oxygen atoms in total. The van der Waals surface area contributed by atoms with E-state index in [-0.39, 0.29) is 0 Å². The Labute approximate surface area is 110 Å². The smallest absolute Gasteiger partial charge is 0.0400 e. The van der Waals surface area contributed by atoms with Gasteiger partial charge in [0.2, 0.25) is 0 Å². The van der Waals surface area contributed by atoms with Gasteiger partial charge in [0.05, 0.1) is 0 Å². The lowest BCUT2D eigenvalue weighted by molar-refractivity contribution is 1.12. The van der Waals surface area contributed by atoms with Crippen LogP contribution < -0.4 is 5.32 Å². The molecule has 0 radical (unpaired) electrons. The van der Waals surface area contributed by atoms with Crippen molar-refractivity contribution < 1.29 is 0 Å². The Morgan fingerprint density at radius 2 is 1.44 bits per heavy atom. The lowest BCUT2D eigenvalue weighted by Gasteiger charge is -2.09. The van der Waals surface area contributed by atoms with Gasteiger partial charge in [0.1, 0.15) is 0 Å². The molecule has 0 aliphatic carbocycles. The Hall–Kier alpha value is -1.76. The first-order valence-electron chi connectivity index (χ1n) is 6.57. The first-order valence-corrected chi connectivity index (χ1v) is 6.57. The van der Waals surface area contributed by atoms with E-state index in [4.69, 9.17) is 0 Å². The number of anilines is 1. The van der Waals surface area contributed by atoms with E-state index in [1.54, 1.807) is 0 Å². The molecule has 1 N–H and O–H groups in total. The Bertz CT molecular complexity index is 491. The number of benzene rings is 2. The van der Waals surface area contributed by atoms with Crippen molar-refractivity contribution in [3.05, 3.63) is 64.7 Å². The van der Waals surface area contributed by atoms with Crippen molar-refractivity contribution in [1.29, 1.82) is 0 Å². The van der Waals surface area contributed by atoms with Crippen LogP contribution in [0.3, 0.4) is 0 Å². The minimum absolute atomic E-state index is 0.883. The molecule has 0 fully saturated rings. The number of hydrogen-bond donors (Lipinski definition) is 1. The van der Waals surface area contributed by atoms with E-state index in [0.29, 0.717) is 0 Å². The van der Waals surface area contributed by atoms with Crippen molar-refractivity contribution in [2.45, 2.75) is 33.7 Å². The third kappa shape index (κ3) is 3.36. The fraction of sp³-hybridized carbons (Fsp3) is 0.294. The molecule has 0 aliphatic heterocycles. The highest BCUT2D eigenvalue weighted by Crippen LogP contribution is 2.13. The summed E-state index contributed by atoms with van der Waals surface area (Å²) in [7, 11) is 0. The zero-order chi connectivity index (χ0) is 13.0. The van der Waals surface area contributed by atoms with Crippen LogP contribution in [0.15, 0.2) is 42.5 Å². The zero-order valence-electron chi connectivity index (χ0n) is 11.5. The van der Waals surface area contributed by atoms with Gasteiger partial charge in [-0.15, -0.1) is 0 Å². The first kappa shape index (κ1) is 12.7. The predicted octanol–water partition coefficient (Wildman–Crippen LogP) is 4.48. The van der Waals surface area contributed by atoms with E-state index in [2.05, 4.69) is 68.6 Å². The standard InChI is InChI=1S/C17H21N/c1-4-15-5-7-17(8-6-15)18-12-16-10-13(2)9-14(3)11-16/h5-11,18H,4,12H2,1-3H3. The lowest BCUT2D eigenvalue weighted by atomic mass is 10.1. The Morgan fingerprint density at radius 3 is 2.00 bits per heavy atom. The minimum atomic E-state index is 0.883. The maximum Gasteiger partial charge on any atom is 0.0400 e. The summed E-state index contributed by atoms with van der Waals surface area (Å²) in [5.41, 5.74) is 6.56. The minimum Gasteiger partial charge on any atom is -0.381 e. The average molecular weight is 239 g/mol.